The van der Waals surface area contributed by atoms with Crippen molar-refractivity contribution in [3.05, 3.63) is 29.3 Å². The molecule has 0 bridgehead atoms. The number of hydrogen-bond acceptors (Lipinski definition) is 2. The second-order valence-corrected chi connectivity index (χ2v) is 4.27. The van der Waals surface area contributed by atoms with Crippen LogP contribution in [0.15, 0.2) is 23.1 Å². The van der Waals surface area contributed by atoms with E-state index in [2.05, 4.69) is 0 Å². The van der Waals surface area contributed by atoms with Crippen LogP contribution in [-0.2, 0) is 17.1 Å². The van der Waals surface area contributed by atoms with Gasteiger partial charge in [0.2, 0.25) is 0 Å². The first-order chi connectivity index (χ1) is 6.67. The summed E-state index contributed by atoms with van der Waals surface area (Å²) in [5.41, 5.74) is 2.20. The van der Waals surface area contributed by atoms with E-state index in [-0.39, 0.29) is 5.78 Å². The third kappa shape index (κ3) is 3.03. The molecule has 76 valence electrons. The van der Waals surface area contributed by atoms with Crippen LogP contribution in [0.3, 0.4) is 0 Å². The minimum Gasteiger partial charge on any atom is -0.300 e. The van der Waals surface area contributed by atoms with Gasteiger partial charge in [-0.1, -0.05) is 12.1 Å². The number of ketones is 1. The van der Waals surface area contributed by atoms with E-state index in [9.17, 15) is 4.79 Å². The first kappa shape index (κ1) is 11.6. The molecule has 0 N–H and O–H groups in total. The monoisotopic (exact) mass is 228 g/mol. The number of rotatable bonds is 4. The Labute approximate surface area is 93.8 Å². The second-order valence-electron chi connectivity index (χ2n) is 3.16. The standard InChI is InChI=1S/C11H13ClOS/c1-8(13)5-9-3-4-10(7-12)11(6-9)14-2/h3-4,6H,5,7H2,1-2H3. The number of carbonyl (C=O) groups is 1. The molecular weight excluding hydrogens is 216 g/mol. The van der Waals surface area contributed by atoms with E-state index in [1.807, 2.05) is 24.5 Å². The molecule has 1 aromatic rings. The third-order valence-corrected chi connectivity index (χ3v) is 3.06. The van der Waals surface area contributed by atoms with Crippen LogP contribution in [0.5, 0.6) is 0 Å². The Hall–Kier alpha value is -0.470. The van der Waals surface area contributed by atoms with Crippen molar-refractivity contribution in [2.75, 3.05) is 6.26 Å². The van der Waals surface area contributed by atoms with Crippen molar-refractivity contribution in [3.63, 3.8) is 0 Å². The van der Waals surface area contributed by atoms with Crippen LogP contribution < -0.4 is 0 Å². The van der Waals surface area contributed by atoms with E-state index in [4.69, 9.17) is 11.6 Å². The Morgan fingerprint density at radius 1 is 1.50 bits per heavy atom. The molecule has 0 saturated heterocycles. The number of carbonyl (C=O) groups excluding carboxylic acids is 1. The average molecular weight is 229 g/mol. The maximum atomic E-state index is 10.9. The van der Waals surface area contributed by atoms with Gasteiger partial charge in [0.25, 0.3) is 0 Å². The molecule has 3 heteroatoms. The highest BCUT2D eigenvalue weighted by atomic mass is 35.5. The first-order valence-corrected chi connectivity index (χ1v) is 6.14. The van der Waals surface area contributed by atoms with Crippen LogP contribution in [0.4, 0.5) is 0 Å². The molecular formula is C11H13ClOS. The van der Waals surface area contributed by atoms with Gasteiger partial charge in [-0.2, -0.15) is 0 Å². The van der Waals surface area contributed by atoms with Gasteiger partial charge in [-0.3, -0.25) is 4.79 Å². The zero-order chi connectivity index (χ0) is 10.6. The Morgan fingerprint density at radius 2 is 2.21 bits per heavy atom. The van der Waals surface area contributed by atoms with Gasteiger partial charge in [0, 0.05) is 17.2 Å². The molecule has 0 heterocycles. The SMILES string of the molecule is CSc1cc(CC(C)=O)ccc1CCl. The average Bonchev–Trinajstić information content (AvgIpc) is 2.16. The molecule has 0 aliphatic rings. The molecule has 0 spiro atoms. The summed E-state index contributed by atoms with van der Waals surface area (Å²) in [6.07, 6.45) is 2.53. The number of alkyl halides is 1. The minimum absolute atomic E-state index is 0.190. The normalized spacial score (nSPS) is 10.2. The molecule has 0 atom stereocenters. The lowest BCUT2D eigenvalue weighted by Crippen LogP contribution is -1.97. The maximum absolute atomic E-state index is 10.9. The van der Waals surface area contributed by atoms with Crippen molar-refractivity contribution in [3.8, 4) is 0 Å². The highest BCUT2D eigenvalue weighted by Crippen LogP contribution is 2.23. The van der Waals surface area contributed by atoms with Gasteiger partial charge in [-0.25, -0.2) is 0 Å². The maximum Gasteiger partial charge on any atom is 0.134 e. The molecule has 0 saturated carbocycles. The number of thioether (sulfide) groups is 1. The molecule has 0 unspecified atom stereocenters. The van der Waals surface area contributed by atoms with Crippen LogP contribution in [0.2, 0.25) is 0 Å². The minimum atomic E-state index is 0.190. The van der Waals surface area contributed by atoms with E-state index in [0.717, 1.165) is 11.1 Å². The first-order valence-electron chi connectivity index (χ1n) is 4.38. The van der Waals surface area contributed by atoms with Gasteiger partial charge in [0.15, 0.2) is 0 Å². The van der Waals surface area contributed by atoms with Crippen molar-refractivity contribution in [2.45, 2.75) is 24.1 Å². The quantitative estimate of drug-likeness (QED) is 0.581. The topological polar surface area (TPSA) is 17.1 Å². The van der Waals surface area contributed by atoms with Gasteiger partial charge < -0.3 is 0 Å². The molecule has 0 aliphatic carbocycles. The van der Waals surface area contributed by atoms with E-state index in [0.29, 0.717) is 12.3 Å². The Bertz CT molecular complexity index is 336. The fourth-order valence-corrected chi connectivity index (χ4v) is 2.28. The highest BCUT2D eigenvalue weighted by Gasteiger charge is 2.03. The summed E-state index contributed by atoms with van der Waals surface area (Å²) in [5.74, 6) is 0.715. The van der Waals surface area contributed by atoms with E-state index in [1.165, 1.54) is 4.90 Å². The number of halogens is 1. The van der Waals surface area contributed by atoms with Crippen LogP contribution in [0.25, 0.3) is 0 Å². The summed E-state index contributed by atoms with van der Waals surface area (Å²) in [6.45, 7) is 1.61. The molecule has 1 rings (SSSR count). The zero-order valence-corrected chi connectivity index (χ0v) is 9.91. The number of hydrogen-bond donors (Lipinski definition) is 0. The molecule has 0 fully saturated rings. The fourth-order valence-electron chi connectivity index (χ4n) is 1.30. The fraction of sp³-hybridized carbons (Fsp3) is 0.364. The van der Waals surface area contributed by atoms with Crippen LogP contribution in [-0.4, -0.2) is 12.0 Å². The van der Waals surface area contributed by atoms with Crippen molar-refractivity contribution >= 4 is 29.1 Å². The lowest BCUT2D eigenvalue weighted by atomic mass is 10.1. The lowest BCUT2D eigenvalue weighted by molar-refractivity contribution is -0.116. The summed E-state index contributed by atoms with van der Waals surface area (Å²) >= 11 is 7.45. The van der Waals surface area contributed by atoms with Crippen molar-refractivity contribution in [1.29, 1.82) is 0 Å². The molecule has 14 heavy (non-hydrogen) atoms. The van der Waals surface area contributed by atoms with Gasteiger partial charge in [0.05, 0.1) is 0 Å². The smallest absolute Gasteiger partial charge is 0.134 e. The lowest BCUT2D eigenvalue weighted by Gasteiger charge is -2.06. The van der Waals surface area contributed by atoms with E-state index >= 15 is 0 Å². The molecule has 1 nitrogen and oxygen atoms in total. The van der Waals surface area contributed by atoms with Gasteiger partial charge >= 0.3 is 0 Å². The highest BCUT2D eigenvalue weighted by molar-refractivity contribution is 7.98. The van der Waals surface area contributed by atoms with E-state index < -0.39 is 0 Å². The van der Waals surface area contributed by atoms with Gasteiger partial charge in [0.1, 0.15) is 5.78 Å². The summed E-state index contributed by atoms with van der Waals surface area (Å²) in [5, 5.41) is 0. The summed E-state index contributed by atoms with van der Waals surface area (Å²) in [4.78, 5) is 12.1. The Morgan fingerprint density at radius 3 is 2.71 bits per heavy atom. The second kappa shape index (κ2) is 5.42. The Kier molecular flexibility index (Phi) is 4.49. The van der Waals surface area contributed by atoms with Gasteiger partial charge in [-0.15, -0.1) is 23.4 Å². The van der Waals surface area contributed by atoms with Crippen molar-refractivity contribution < 1.29 is 4.79 Å². The van der Waals surface area contributed by atoms with Crippen LogP contribution in [0.1, 0.15) is 18.1 Å². The van der Waals surface area contributed by atoms with Crippen LogP contribution >= 0.6 is 23.4 Å². The molecule has 0 aromatic heterocycles. The van der Waals surface area contributed by atoms with Crippen molar-refractivity contribution in [1.82, 2.24) is 0 Å². The third-order valence-electron chi connectivity index (χ3n) is 1.95. The molecule has 0 radical (unpaired) electrons. The van der Waals surface area contributed by atoms with Crippen molar-refractivity contribution in [2.24, 2.45) is 0 Å². The largest absolute Gasteiger partial charge is 0.300 e. The summed E-state index contributed by atoms with van der Waals surface area (Å²) in [6, 6.07) is 6.01. The zero-order valence-electron chi connectivity index (χ0n) is 8.34. The number of Topliss-reactive ketones (excluding diaryl/α,β-unsaturated/α-hetero) is 1. The predicted octanol–water partition coefficient (Wildman–Crippen LogP) is 3.28. The summed E-state index contributed by atoms with van der Waals surface area (Å²) < 4.78 is 0. The van der Waals surface area contributed by atoms with E-state index in [1.54, 1.807) is 18.7 Å². The Balaban J connectivity index is 2.95. The molecule has 0 amide bonds. The molecule has 0 aliphatic heterocycles. The summed E-state index contributed by atoms with van der Waals surface area (Å²) in [7, 11) is 0. The molecule has 1 aromatic carbocycles. The predicted molar refractivity (Wildman–Crippen MR) is 62.2 cm³/mol. The van der Waals surface area contributed by atoms with Gasteiger partial charge in [-0.05, 0) is 30.4 Å². The van der Waals surface area contributed by atoms with Crippen LogP contribution in [0, 0.1) is 0 Å². The number of benzene rings is 1.